The van der Waals surface area contributed by atoms with Gasteiger partial charge in [0.25, 0.3) is 0 Å². The molecule has 0 aromatic carbocycles. The summed E-state index contributed by atoms with van der Waals surface area (Å²) < 4.78 is 0. The van der Waals surface area contributed by atoms with Gasteiger partial charge in [-0.2, -0.15) is 0 Å². The Bertz CT molecular complexity index is 326. The van der Waals surface area contributed by atoms with Gasteiger partial charge in [-0.1, -0.05) is 56.0 Å². The number of hydrogen-bond acceptors (Lipinski definition) is 4. The lowest BCUT2D eigenvalue weighted by atomic mass is 9.59. The highest BCUT2D eigenvalue weighted by atomic mass is 33.1. The Labute approximate surface area is 126 Å². The average Bonchev–Trinajstić information content (AvgIpc) is 3.01. The van der Waals surface area contributed by atoms with Crippen molar-refractivity contribution in [3.8, 4) is 0 Å². The molecular formula is C14H20S4. The molecule has 0 radical (unpaired) electrons. The number of rotatable bonds is 0. The van der Waals surface area contributed by atoms with E-state index in [1.165, 1.54) is 25.7 Å². The van der Waals surface area contributed by atoms with E-state index in [-0.39, 0.29) is 0 Å². The molecule has 0 spiro atoms. The van der Waals surface area contributed by atoms with Gasteiger partial charge in [-0.05, 0) is 49.4 Å². The fraction of sp³-hybridized carbons (Fsp3) is 1.00. The molecule has 2 saturated heterocycles. The first-order chi connectivity index (χ1) is 8.93. The van der Waals surface area contributed by atoms with Gasteiger partial charge in [-0.3, -0.25) is 0 Å². The predicted molar refractivity (Wildman–Crippen MR) is 87.2 cm³/mol. The molecule has 18 heavy (non-hydrogen) atoms. The summed E-state index contributed by atoms with van der Waals surface area (Å²) in [4.78, 5) is 0. The van der Waals surface area contributed by atoms with Crippen LogP contribution in [0.25, 0.3) is 0 Å². The average molecular weight is 317 g/mol. The molecule has 3 aliphatic carbocycles. The van der Waals surface area contributed by atoms with Crippen molar-refractivity contribution in [1.29, 1.82) is 0 Å². The van der Waals surface area contributed by atoms with Gasteiger partial charge in [0.2, 0.25) is 0 Å². The van der Waals surface area contributed by atoms with E-state index in [4.69, 9.17) is 0 Å². The largest absolute Gasteiger partial charge is 0.0901 e. The minimum Gasteiger partial charge on any atom is -0.0901 e. The topological polar surface area (TPSA) is 0 Å². The van der Waals surface area contributed by atoms with Crippen LogP contribution in [0.5, 0.6) is 0 Å². The normalized spacial score (nSPS) is 61.3. The summed E-state index contributed by atoms with van der Waals surface area (Å²) >= 11 is 0. The van der Waals surface area contributed by atoms with E-state index in [2.05, 4.69) is 43.2 Å². The van der Waals surface area contributed by atoms with Crippen LogP contribution in [-0.2, 0) is 0 Å². The fourth-order valence-electron chi connectivity index (χ4n) is 5.45. The van der Waals surface area contributed by atoms with Crippen LogP contribution in [0.2, 0.25) is 0 Å². The van der Waals surface area contributed by atoms with Gasteiger partial charge in [0.1, 0.15) is 0 Å². The molecule has 0 N–H and O–H groups in total. The molecule has 2 aliphatic heterocycles. The molecule has 4 heteroatoms. The van der Waals surface area contributed by atoms with Gasteiger partial charge < -0.3 is 0 Å². The van der Waals surface area contributed by atoms with Crippen molar-refractivity contribution in [2.75, 3.05) is 0 Å². The number of fused-ring (bicyclic) bond motifs is 2. The highest BCUT2D eigenvalue weighted by Crippen LogP contribution is 2.70. The zero-order valence-corrected chi connectivity index (χ0v) is 13.8. The molecule has 8 unspecified atom stereocenters. The van der Waals surface area contributed by atoms with E-state index >= 15 is 0 Å². The van der Waals surface area contributed by atoms with E-state index in [1.54, 1.807) is 12.8 Å². The molecule has 3 saturated carbocycles. The molecule has 8 atom stereocenters. The lowest BCUT2D eigenvalue weighted by Gasteiger charge is -2.51. The van der Waals surface area contributed by atoms with Gasteiger partial charge in [0, 0.05) is 21.0 Å². The summed E-state index contributed by atoms with van der Waals surface area (Å²) in [6.45, 7) is 0. The first kappa shape index (κ1) is 12.0. The van der Waals surface area contributed by atoms with Crippen LogP contribution in [0, 0.1) is 23.7 Å². The van der Waals surface area contributed by atoms with Crippen LogP contribution in [0.4, 0.5) is 0 Å². The zero-order chi connectivity index (χ0) is 11.7. The van der Waals surface area contributed by atoms with Crippen molar-refractivity contribution >= 4 is 43.2 Å². The predicted octanol–water partition coefficient (Wildman–Crippen LogP) is 5.10. The SMILES string of the molecule is C1CC2SSC3C4CCCC5SSC(C(C1)C23)C54. The van der Waals surface area contributed by atoms with Crippen LogP contribution in [0.15, 0.2) is 0 Å². The molecule has 100 valence electrons. The van der Waals surface area contributed by atoms with Gasteiger partial charge in [0.05, 0.1) is 0 Å². The second kappa shape index (κ2) is 4.45. The highest BCUT2D eigenvalue weighted by molar-refractivity contribution is 8.78. The number of hydrogen-bond donors (Lipinski definition) is 0. The molecule has 5 aliphatic rings. The van der Waals surface area contributed by atoms with Crippen LogP contribution in [-0.4, -0.2) is 21.0 Å². The minimum atomic E-state index is 1.03. The third-order valence-electron chi connectivity index (χ3n) is 6.08. The van der Waals surface area contributed by atoms with Gasteiger partial charge in [-0.15, -0.1) is 0 Å². The fourth-order valence-corrected chi connectivity index (χ4v) is 14.3. The summed E-state index contributed by atoms with van der Waals surface area (Å²) in [6.07, 6.45) is 9.23. The van der Waals surface area contributed by atoms with Crippen LogP contribution in [0.3, 0.4) is 0 Å². The van der Waals surface area contributed by atoms with Crippen molar-refractivity contribution < 1.29 is 0 Å². The molecule has 2 heterocycles. The van der Waals surface area contributed by atoms with Crippen molar-refractivity contribution in [3.63, 3.8) is 0 Å². The molecule has 0 nitrogen and oxygen atoms in total. The maximum atomic E-state index is 2.32. The third kappa shape index (κ3) is 1.52. The lowest BCUT2D eigenvalue weighted by Crippen LogP contribution is -2.53. The summed E-state index contributed by atoms with van der Waals surface area (Å²) in [6, 6.07) is 0. The van der Waals surface area contributed by atoms with Crippen molar-refractivity contribution in [3.05, 3.63) is 0 Å². The summed E-state index contributed by atoms with van der Waals surface area (Å²) in [5.41, 5.74) is 0. The smallest absolute Gasteiger partial charge is 0.0225 e. The molecule has 0 aromatic rings. The zero-order valence-electron chi connectivity index (χ0n) is 10.5. The molecule has 0 bridgehead atoms. The van der Waals surface area contributed by atoms with Crippen molar-refractivity contribution in [1.82, 2.24) is 0 Å². The highest BCUT2D eigenvalue weighted by Gasteiger charge is 2.61. The monoisotopic (exact) mass is 316 g/mol. The molecule has 5 rings (SSSR count). The van der Waals surface area contributed by atoms with Crippen LogP contribution >= 0.6 is 43.2 Å². The van der Waals surface area contributed by atoms with E-state index in [9.17, 15) is 0 Å². The van der Waals surface area contributed by atoms with Crippen molar-refractivity contribution in [2.24, 2.45) is 23.7 Å². The maximum absolute atomic E-state index is 2.32. The summed E-state index contributed by atoms with van der Waals surface area (Å²) in [5, 5.41) is 4.17. The summed E-state index contributed by atoms with van der Waals surface area (Å²) in [7, 11) is 9.21. The Morgan fingerprint density at radius 1 is 0.556 bits per heavy atom. The second-order valence-corrected chi connectivity index (χ2v) is 12.1. The minimum absolute atomic E-state index is 1.03. The van der Waals surface area contributed by atoms with Gasteiger partial charge in [0.15, 0.2) is 0 Å². The molecular weight excluding hydrogens is 296 g/mol. The summed E-state index contributed by atoms with van der Waals surface area (Å²) in [5.74, 6) is 4.39. The quantitative estimate of drug-likeness (QED) is 0.570. The Morgan fingerprint density at radius 2 is 1.06 bits per heavy atom. The van der Waals surface area contributed by atoms with Crippen LogP contribution < -0.4 is 0 Å². The Morgan fingerprint density at radius 3 is 1.56 bits per heavy atom. The van der Waals surface area contributed by atoms with E-state index in [1.807, 2.05) is 0 Å². The molecule has 0 aromatic heterocycles. The standard InChI is InChI=1S/C14H20S4/c1-3-7-11-9(5-1)15-18-14(11)8-4-2-6-10-12(8)13(7)17-16-10/h7-14H,1-6H2. The second-order valence-electron chi connectivity index (χ2n) is 6.74. The first-order valence-corrected chi connectivity index (χ1v) is 12.1. The van der Waals surface area contributed by atoms with Crippen molar-refractivity contribution in [2.45, 2.75) is 59.5 Å². The first-order valence-electron chi connectivity index (χ1n) is 7.58. The Hall–Kier alpha value is 1.40. The van der Waals surface area contributed by atoms with Crippen LogP contribution in [0.1, 0.15) is 38.5 Å². The third-order valence-corrected chi connectivity index (χ3v) is 13.2. The van der Waals surface area contributed by atoms with Gasteiger partial charge in [-0.25, -0.2) is 0 Å². The lowest BCUT2D eigenvalue weighted by molar-refractivity contribution is 0.0811. The van der Waals surface area contributed by atoms with Gasteiger partial charge >= 0.3 is 0 Å². The van der Waals surface area contributed by atoms with E-state index in [0.717, 1.165) is 44.7 Å². The molecule has 0 amide bonds. The maximum Gasteiger partial charge on any atom is 0.0225 e. The van der Waals surface area contributed by atoms with E-state index in [0.29, 0.717) is 0 Å². The molecule has 5 fully saturated rings. The Balaban J connectivity index is 1.57. The Kier molecular flexibility index (Phi) is 2.96. The van der Waals surface area contributed by atoms with E-state index < -0.39 is 0 Å².